The van der Waals surface area contributed by atoms with Gasteiger partial charge in [-0.25, -0.2) is 0 Å². The van der Waals surface area contributed by atoms with Gasteiger partial charge in [0.05, 0.1) is 0 Å². The summed E-state index contributed by atoms with van der Waals surface area (Å²) in [5.74, 6) is 5.42. The molecule has 3 unspecified atom stereocenters. The predicted molar refractivity (Wildman–Crippen MR) is 85.4 cm³/mol. The molecule has 1 aliphatic carbocycles. The van der Waals surface area contributed by atoms with E-state index in [0.717, 1.165) is 23.8 Å². The molecule has 1 fully saturated rings. The van der Waals surface area contributed by atoms with E-state index < -0.39 is 0 Å². The summed E-state index contributed by atoms with van der Waals surface area (Å²) in [6.07, 6.45) is 6.89. The quantitative estimate of drug-likeness (QED) is 0.649. The highest BCUT2D eigenvalue weighted by Crippen LogP contribution is 2.35. The van der Waals surface area contributed by atoms with Crippen LogP contribution in [0, 0.1) is 17.8 Å². The molecule has 108 valence electrons. The molecule has 1 saturated carbocycles. The fourth-order valence-electron chi connectivity index (χ4n) is 3.38. The third kappa shape index (κ3) is 5.97. The zero-order valence-corrected chi connectivity index (χ0v) is 13.7. The van der Waals surface area contributed by atoms with E-state index in [0.29, 0.717) is 0 Å². The third-order valence-electron chi connectivity index (χ3n) is 4.09. The zero-order valence-electron chi connectivity index (χ0n) is 12.9. The van der Waals surface area contributed by atoms with Crippen LogP contribution < -0.4 is 5.32 Å². The van der Waals surface area contributed by atoms with Crippen LogP contribution in [0.5, 0.6) is 0 Å². The molecule has 0 aromatic carbocycles. The van der Waals surface area contributed by atoms with Crippen molar-refractivity contribution < 1.29 is 0 Å². The van der Waals surface area contributed by atoms with Crippen molar-refractivity contribution in [1.82, 2.24) is 5.32 Å². The molecule has 1 N–H and O–H groups in total. The van der Waals surface area contributed by atoms with Gasteiger partial charge in [-0.1, -0.05) is 27.7 Å². The van der Waals surface area contributed by atoms with Crippen molar-refractivity contribution >= 4 is 11.8 Å². The summed E-state index contributed by atoms with van der Waals surface area (Å²) >= 11 is 2.15. The SMILES string of the molecule is CCCNC(CSCCC)C1CC(C)CC(C)C1. The minimum Gasteiger partial charge on any atom is -0.313 e. The fourth-order valence-corrected chi connectivity index (χ4v) is 4.48. The van der Waals surface area contributed by atoms with Gasteiger partial charge in [-0.15, -0.1) is 0 Å². The molecule has 1 aliphatic rings. The van der Waals surface area contributed by atoms with Crippen molar-refractivity contribution in [1.29, 1.82) is 0 Å². The molecule has 0 bridgehead atoms. The van der Waals surface area contributed by atoms with Crippen molar-refractivity contribution in [3.05, 3.63) is 0 Å². The average molecular weight is 272 g/mol. The Bertz CT molecular complexity index is 197. The maximum Gasteiger partial charge on any atom is 0.0186 e. The number of hydrogen-bond acceptors (Lipinski definition) is 2. The molecule has 1 rings (SSSR count). The average Bonchev–Trinajstić information content (AvgIpc) is 2.32. The highest BCUT2D eigenvalue weighted by atomic mass is 32.2. The van der Waals surface area contributed by atoms with E-state index in [1.807, 2.05) is 0 Å². The van der Waals surface area contributed by atoms with Gasteiger partial charge in [-0.2, -0.15) is 11.8 Å². The van der Waals surface area contributed by atoms with Crippen molar-refractivity contribution in [2.75, 3.05) is 18.1 Å². The summed E-state index contributed by atoms with van der Waals surface area (Å²) in [4.78, 5) is 0. The van der Waals surface area contributed by atoms with Gasteiger partial charge in [-0.05, 0) is 62.2 Å². The lowest BCUT2D eigenvalue weighted by molar-refractivity contribution is 0.184. The Morgan fingerprint density at radius 1 is 1.06 bits per heavy atom. The van der Waals surface area contributed by atoms with Crippen LogP contribution in [-0.2, 0) is 0 Å². The molecule has 2 heteroatoms. The van der Waals surface area contributed by atoms with E-state index in [4.69, 9.17) is 0 Å². The number of thioether (sulfide) groups is 1. The van der Waals surface area contributed by atoms with Crippen LogP contribution >= 0.6 is 11.8 Å². The second-order valence-corrected chi connectivity index (χ2v) is 7.46. The van der Waals surface area contributed by atoms with Crippen molar-refractivity contribution in [2.45, 2.75) is 65.8 Å². The van der Waals surface area contributed by atoms with Crippen LogP contribution in [0.15, 0.2) is 0 Å². The molecule has 0 saturated heterocycles. The van der Waals surface area contributed by atoms with Crippen LogP contribution in [0.1, 0.15) is 59.8 Å². The molecule has 0 amide bonds. The Morgan fingerprint density at radius 2 is 1.72 bits per heavy atom. The second kappa shape index (κ2) is 9.25. The predicted octanol–water partition coefficient (Wildman–Crippen LogP) is 4.57. The minimum atomic E-state index is 0.756. The van der Waals surface area contributed by atoms with Gasteiger partial charge in [0.25, 0.3) is 0 Å². The van der Waals surface area contributed by atoms with Crippen molar-refractivity contribution in [3.8, 4) is 0 Å². The van der Waals surface area contributed by atoms with Gasteiger partial charge in [-0.3, -0.25) is 0 Å². The monoisotopic (exact) mass is 271 g/mol. The van der Waals surface area contributed by atoms with Crippen molar-refractivity contribution in [2.24, 2.45) is 17.8 Å². The topological polar surface area (TPSA) is 12.0 Å². The van der Waals surface area contributed by atoms with Crippen molar-refractivity contribution in [3.63, 3.8) is 0 Å². The molecule has 18 heavy (non-hydrogen) atoms. The lowest BCUT2D eigenvalue weighted by Crippen LogP contribution is -2.42. The van der Waals surface area contributed by atoms with Crippen LogP contribution in [0.25, 0.3) is 0 Å². The van der Waals surface area contributed by atoms with Crippen LogP contribution in [0.3, 0.4) is 0 Å². The molecule has 0 heterocycles. The first kappa shape index (κ1) is 16.4. The summed E-state index contributed by atoms with van der Waals surface area (Å²) in [6.45, 7) is 10.6. The smallest absolute Gasteiger partial charge is 0.0186 e. The van der Waals surface area contributed by atoms with E-state index >= 15 is 0 Å². The molecular weight excluding hydrogens is 238 g/mol. The number of rotatable bonds is 8. The minimum absolute atomic E-state index is 0.756. The van der Waals surface area contributed by atoms with Crippen LogP contribution in [-0.4, -0.2) is 24.1 Å². The summed E-state index contributed by atoms with van der Waals surface area (Å²) in [6, 6.07) is 0.756. The maximum absolute atomic E-state index is 3.82. The Hall–Kier alpha value is 0.310. The molecule has 0 aliphatic heterocycles. The normalized spacial score (nSPS) is 30.3. The number of hydrogen-bond donors (Lipinski definition) is 1. The molecule has 0 aromatic heterocycles. The van der Waals surface area contributed by atoms with Gasteiger partial charge in [0.1, 0.15) is 0 Å². The largest absolute Gasteiger partial charge is 0.313 e. The molecular formula is C16H33NS. The van der Waals surface area contributed by atoms with E-state index in [2.05, 4.69) is 44.8 Å². The summed E-state index contributed by atoms with van der Waals surface area (Å²) < 4.78 is 0. The lowest BCUT2D eigenvalue weighted by atomic mass is 9.74. The molecule has 0 aromatic rings. The highest BCUT2D eigenvalue weighted by molar-refractivity contribution is 7.99. The Morgan fingerprint density at radius 3 is 2.28 bits per heavy atom. The van der Waals surface area contributed by atoms with Crippen LogP contribution in [0.4, 0.5) is 0 Å². The first-order valence-electron chi connectivity index (χ1n) is 7.98. The molecule has 0 spiro atoms. The lowest BCUT2D eigenvalue weighted by Gasteiger charge is -2.37. The summed E-state index contributed by atoms with van der Waals surface area (Å²) in [5.41, 5.74) is 0. The van der Waals surface area contributed by atoms with E-state index in [-0.39, 0.29) is 0 Å². The zero-order chi connectivity index (χ0) is 13.4. The van der Waals surface area contributed by atoms with E-state index in [9.17, 15) is 0 Å². The Balaban J connectivity index is 2.45. The summed E-state index contributed by atoms with van der Waals surface area (Å²) in [7, 11) is 0. The van der Waals surface area contributed by atoms with Gasteiger partial charge in [0, 0.05) is 11.8 Å². The Labute approximate surface area is 119 Å². The maximum atomic E-state index is 3.82. The number of nitrogens with one attached hydrogen (secondary N) is 1. The second-order valence-electron chi connectivity index (χ2n) is 6.31. The standard InChI is InChI=1S/C16H33NS/c1-5-7-17-16(12-18-8-6-2)15-10-13(3)9-14(4)11-15/h13-17H,5-12H2,1-4H3. The third-order valence-corrected chi connectivity index (χ3v) is 5.38. The van der Waals surface area contributed by atoms with Gasteiger partial charge >= 0.3 is 0 Å². The first-order chi connectivity index (χ1) is 8.67. The van der Waals surface area contributed by atoms with Gasteiger partial charge < -0.3 is 5.32 Å². The summed E-state index contributed by atoms with van der Waals surface area (Å²) in [5, 5.41) is 3.82. The first-order valence-corrected chi connectivity index (χ1v) is 9.13. The Kier molecular flexibility index (Phi) is 8.41. The van der Waals surface area contributed by atoms with Crippen LogP contribution in [0.2, 0.25) is 0 Å². The van der Waals surface area contributed by atoms with E-state index in [1.54, 1.807) is 0 Å². The fraction of sp³-hybridized carbons (Fsp3) is 1.00. The van der Waals surface area contributed by atoms with E-state index in [1.165, 1.54) is 50.2 Å². The molecule has 3 atom stereocenters. The van der Waals surface area contributed by atoms with Gasteiger partial charge in [0.15, 0.2) is 0 Å². The molecule has 1 nitrogen and oxygen atoms in total. The highest BCUT2D eigenvalue weighted by Gasteiger charge is 2.29. The molecule has 0 radical (unpaired) electrons. The van der Waals surface area contributed by atoms with Gasteiger partial charge in [0.2, 0.25) is 0 Å².